The fraction of sp³-hybridized carbons (Fsp3) is 0.385. The van der Waals surface area contributed by atoms with Gasteiger partial charge in [0.15, 0.2) is 5.82 Å². The number of anilines is 1. The predicted molar refractivity (Wildman–Crippen MR) is 80.9 cm³/mol. The third kappa shape index (κ3) is 3.04. The number of halogens is 1. The Bertz CT molecular complexity index is 605. The van der Waals surface area contributed by atoms with Crippen molar-refractivity contribution in [3.8, 4) is 17.4 Å². The van der Waals surface area contributed by atoms with Gasteiger partial charge in [0.05, 0.1) is 17.3 Å². The van der Waals surface area contributed by atoms with Crippen LogP contribution < -0.4 is 10.1 Å². The summed E-state index contributed by atoms with van der Waals surface area (Å²) in [5.74, 6) is 1.82. The fourth-order valence-corrected chi connectivity index (χ4v) is 2.30. The van der Waals surface area contributed by atoms with Gasteiger partial charge in [-0.15, -0.1) is 0 Å². The summed E-state index contributed by atoms with van der Waals surface area (Å²) in [6.45, 7) is 4.85. The topological polar surface area (TPSA) is 72.8 Å². The number of rotatable bonds is 5. The zero-order valence-electron chi connectivity index (χ0n) is 11.6. The second-order valence-corrected chi connectivity index (χ2v) is 4.78. The van der Waals surface area contributed by atoms with E-state index >= 15 is 0 Å². The van der Waals surface area contributed by atoms with Crippen LogP contribution in [0.4, 0.5) is 5.82 Å². The summed E-state index contributed by atoms with van der Waals surface area (Å²) in [7, 11) is 1.57. The second-order valence-electron chi connectivity index (χ2n) is 3.99. The largest absolute Gasteiger partial charge is 0.481 e. The van der Waals surface area contributed by atoms with E-state index in [0.717, 1.165) is 29.0 Å². The summed E-state index contributed by atoms with van der Waals surface area (Å²) < 4.78 is 6.00. The highest BCUT2D eigenvalue weighted by atomic mass is 79.9. The molecule has 0 saturated heterocycles. The molecular formula is C13H16BrN5O. The SMILES string of the molecule is CCNc1nc(-c2cc(OC)ncn2)nc(CC)c1Br. The molecule has 6 nitrogen and oxygen atoms in total. The van der Waals surface area contributed by atoms with Gasteiger partial charge in [0, 0.05) is 12.6 Å². The van der Waals surface area contributed by atoms with Crippen LogP contribution in [-0.2, 0) is 6.42 Å². The van der Waals surface area contributed by atoms with E-state index in [4.69, 9.17) is 4.74 Å². The van der Waals surface area contributed by atoms with E-state index in [1.807, 2.05) is 13.8 Å². The molecule has 1 N–H and O–H groups in total. The first-order valence-electron chi connectivity index (χ1n) is 6.36. The Kier molecular flexibility index (Phi) is 4.84. The molecule has 0 bridgehead atoms. The average molecular weight is 338 g/mol. The normalized spacial score (nSPS) is 10.4. The van der Waals surface area contributed by atoms with Gasteiger partial charge in [-0.05, 0) is 29.3 Å². The lowest BCUT2D eigenvalue weighted by Gasteiger charge is -2.11. The van der Waals surface area contributed by atoms with Crippen molar-refractivity contribution in [2.45, 2.75) is 20.3 Å². The standard InChI is InChI=1S/C13H16BrN5O/c1-4-8-11(14)13(15-5-2)19-12(18-8)9-6-10(20-3)17-7-16-9/h6-7H,4-5H2,1-3H3,(H,15,18,19). The van der Waals surface area contributed by atoms with E-state index in [0.29, 0.717) is 17.4 Å². The smallest absolute Gasteiger partial charge is 0.216 e. The number of nitrogens with zero attached hydrogens (tertiary/aromatic N) is 4. The van der Waals surface area contributed by atoms with Crippen LogP contribution in [-0.4, -0.2) is 33.6 Å². The monoisotopic (exact) mass is 337 g/mol. The number of aryl methyl sites for hydroxylation is 1. The van der Waals surface area contributed by atoms with Crippen molar-refractivity contribution in [1.82, 2.24) is 19.9 Å². The summed E-state index contributed by atoms with van der Waals surface area (Å²) in [5.41, 5.74) is 1.57. The summed E-state index contributed by atoms with van der Waals surface area (Å²) in [5, 5.41) is 3.22. The molecule has 0 atom stereocenters. The van der Waals surface area contributed by atoms with Crippen molar-refractivity contribution >= 4 is 21.7 Å². The highest BCUT2D eigenvalue weighted by Crippen LogP contribution is 2.27. The number of ether oxygens (including phenoxy) is 1. The summed E-state index contributed by atoms with van der Waals surface area (Å²) >= 11 is 3.53. The Morgan fingerprint density at radius 3 is 2.70 bits per heavy atom. The molecule has 0 fully saturated rings. The van der Waals surface area contributed by atoms with Crippen molar-refractivity contribution in [3.63, 3.8) is 0 Å². The number of aromatic nitrogens is 4. The van der Waals surface area contributed by atoms with Gasteiger partial charge >= 0.3 is 0 Å². The van der Waals surface area contributed by atoms with Crippen LogP contribution in [0, 0.1) is 0 Å². The van der Waals surface area contributed by atoms with E-state index < -0.39 is 0 Å². The molecular weight excluding hydrogens is 322 g/mol. The maximum absolute atomic E-state index is 5.10. The Morgan fingerprint density at radius 2 is 2.05 bits per heavy atom. The Hall–Kier alpha value is -1.76. The van der Waals surface area contributed by atoms with Gasteiger partial charge in [0.1, 0.15) is 17.8 Å². The zero-order chi connectivity index (χ0) is 14.5. The lowest BCUT2D eigenvalue weighted by molar-refractivity contribution is 0.397. The number of methoxy groups -OCH3 is 1. The number of hydrogen-bond acceptors (Lipinski definition) is 6. The minimum absolute atomic E-state index is 0.490. The Labute approximate surface area is 126 Å². The van der Waals surface area contributed by atoms with Gasteiger partial charge in [-0.2, -0.15) is 0 Å². The Morgan fingerprint density at radius 1 is 1.25 bits per heavy atom. The van der Waals surface area contributed by atoms with Gasteiger partial charge in [-0.3, -0.25) is 0 Å². The van der Waals surface area contributed by atoms with Crippen molar-refractivity contribution in [2.24, 2.45) is 0 Å². The quantitative estimate of drug-likeness (QED) is 0.904. The first-order chi connectivity index (χ1) is 9.69. The van der Waals surface area contributed by atoms with Crippen LogP contribution in [0.3, 0.4) is 0 Å². The zero-order valence-corrected chi connectivity index (χ0v) is 13.2. The van der Waals surface area contributed by atoms with Gasteiger partial charge in [0.2, 0.25) is 5.88 Å². The molecule has 2 aromatic heterocycles. The number of hydrogen-bond donors (Lipinski definition) is 1. The molecule has 0 aliphatic rings. The molecule has 0 spiro atoms. The molecule has 2 aromatic rings. The molecule has 2 rings (SSSR count). The fourth-order valence-electron chi connectivity index (χ4n) is 1.70. The molecule has 7 heteroatoms. The number of nitrogens with one attached hydrogen (secondary N) is 1. The van der Waals surface area contributed by atoms with Gasteiger partial charge in [-0.1, -0.05) is 6.92 Å². The van der Waals surface area contributed by atoms with Crippen molar-refractivity contribution in [3.05, 3.63) is 22.6 Å². The third-order valence-electron chi connectivity index (χ3n) is 2.68. The molecule has 20 heavy (non-hydrogen) atoms. The van der Waals surface area contributed by atoms with Crippen LogP contribution in [0.25, 0.3) is 11.5 Å². The molecule has 0 amide bonds. The lowest BCUT2D eigenvalue weighted by atomic mass is 10.3. The van der Waals surface area contributed by atoms with Crippen LogP contribution in [0.2, 0.25) is 0 Å². The highest BCUT2D eigenvalue weighted by Gasteiger charge is 2.13. The lowest BCUT2D eigenvalue weighted by Crippen LogP contribution is -2.06. The summed E-state index contributed by atoms with van der Waals surface area (Å²) in [6.07, 6.45) is 2.24. The molecule has 0 saturated carbocycles. The highest BCUT2D eigenvalue weighted by molar-refractivity contribution is 9.10. The van der Waals surface area contributed by atoms with Gasteiger partial charge < -0.3 is 10.1 Å². The maximum atomic E-state index is 5.10. The second kappa shape index (κ2) is 6.60. The molecule has 106 valence electrons. The van der Waals surface area contributed by atoms with Crippen LogP contribution >= 0.6 is 15.9 Å². The molecule has 0 aliphatic carbocycles. The molecule has 2 heterocycles. The van der Waals surface area contributed by atoms with Crippen molar-refractivity contribution in [1.29, 1.82) is 0 Å². The molecule has 0 aliphatic heterocycles. The van der Waals surface area contributed by atoms with Crippen LogP contribution in [0.15, 0.2) is 16.9 Å². The minimum Gasteiger partial charge on any atom is -0.481 e. The van der Waals surface area contributed by atoms with E-state index in [1.54, 1.807) is 13.2 Å². The summed E-state index contributed by atoms with van der Waals surface area (Å²) in [4.78, 5) is 17.2. The van der Waals surface area contributed by atoms with Crippen LogP contribution in [0.5, 0.6) is 5.88 Å². The van der Waals surface area contributed by atoms with E-state index in [9.17, 15) is 0 Å². The van der Waals surface area contributed by atoms with E-state index in [1.165, 1.54) is 6.33 Å². The first-order valence-corrected chi connectivity index (χ1v) is 7.15. The van der Waals surface area contributed by atoms with Gasteiger partial charge in [0.25, 0.3) is 0 Å². The van der Waals surface area contributed by atoms with E-state index in [2.05, 4.69) is 41.2 Å². The van der Waals surface area contributed by atoms with Crippen molar-refractivity contribution in [2.75, 3.05) is 19.0 Å². The first kappa shape index (κ1) is 14.6. The van der Waals surface area contributed by atoms with Crippen LogP contribution in [0.1, 0.15) is 19.5 Å². The summed E-state index contributed by atoms with van der Waals surface area (Å²) in [6, 6.07) is 1.72. The third-order valence-corrected chi connectivity index (χ3v) is 3.51. The molecule has 0 unspecified atom stereocenters. The van der Waals surface area contributed by atoms with Gasteiger partial charge in [-0.25, -0.2) is 19.9 Å². The molecule has 0 aromatic carbocycles. The predicted octanol–water partition coefficient (Wildman–Crippen LogP) is 2.70. The van der Waals surface area contributed by atoms with Crippen molar-refractivity contribution < 1.29 is 4.74 Å². The molecule has 0 radical (unpaired) electrons. The minimum atomic E-state index is 0.490. The van der Waals surface area contributed by atoms with E-state index in [-0.39, 0.29) is 0 Å². The Balaban J connectivity index is 2.52. The average Bonchev–Trinajstić information content (AvgIpc) is 2.49. The maximum Gasteiger partial charge on any atom is 0.216 e.